The molecule has 16 heavy (non-hydrogen) atoms. The molecule has 2 aromatic rings. The Labute approximate surface area is 101 Å². The molecule has 0 aliphatic rings. The zero-order valence-electron chi connectivity index (χ0n) is 10.0. The molecule has 0 radical (unpaired) electrons. The van der Waals surface area contributed by atoms with Gasteiger partial charge in [-0.15, -0.1) is 11.3 Å². The van der Waals surface area contributed by atoms with Crippen molar-refractivity contribution in [1.29, 1.82) is 0 Å². The molecule has 0 aliphatic heterocycles. The van der Waals surface area contributed by atoms with Crippen molar-refractivity contribution in [2.45, 2.75) is 26.7 Å². The maximum absolute atomic E-state index is 3.46. The summed E-state index contributed by atoms with van der Waals surface area (Å²) in [5.41, 5.74) is 2.85. The fraction of sp³-hybridized carbons (Fsp3) is 0.429. The summed E-state index contributed by atoms with van der Waals surface area (Å²) in [6.07, 6.45) is 2.35. The van der Waals surface area contributed by atoms with Gasteiger partial charge in [-0.2, -0.15) is 0 Å². The first-order valence-corrected chi connectivity index (χ1v) is 6.86. The van der Waals surface area contributed by atoms with E-state index in [0.717, 1.165) is 19.5 Å². The van der Waals surface area contributed by atoms with Crippen LogP contribution in [0, 0.1) is 6.92 Å². The third kappa shape index (κ3) is 2.63. The van der Waals surface area contributed by atoms with Crippen molar-refractivity contribution in [3.63, 3.8) is 0 Å². The van der Waals surface area contributed by atoms with Gasteiger partial charge in [-0.05, 0) is 55.3 Å². The highest BCUT2D eigenvalue weighted by molar-refractivity contribution is 7.17. The van der Waals surface area contributed by atoms with Gasteiger partial charge in [0, 0.05) is 4.70 Å². The van der Waals surface area contributed by atoms with E-state index in [2.05, 4.69) is 42.7 Å². The third-order valence-corrected chi connectivity index (χ3v) is 3.82. The SMILES string of the molecule is CCCNCCc1csc2ccc(C)cc12. The summed E-state index contributed by atoms with van der Waals surface area (Å²) in [5.74, 6) is 0. The highest BCUT2D eigenvalue weighted by Gasteiger charge is 2.03. The van der Waals surface area contributed by atoms with Crippen LogP contribution in [0.3, 0.4) is 0 Å². The zero-order chi connectivity index (χ0) is 11.4. The molecule has 1 nitrogen and oxygen atoms in total. The van der Waals surface area contributed by atoms with Crippen LogP contribution < -0.4 is 5.32 Å². The number of fused-ring (bicyclic) bond motifs is 1. The number of benzene rings is 1. The van der Waals surface area contributed by atoms with E-state index in [1.54, 1.807) is 0 Å². The minimum absolute atomic E-state index is 1.09. The lowest BCUT2D eigenvalue weighted by Gasteiger charge is -2.02. The maximum atomic E-state index is 3.46. The topological polar surface area (TPSA) is 12.0 Å². The van der Waals surface area contributed by atoms with Crippen LogP contribution in [-0.4, -0.2) is 13.1 Å². The number of hydrogen-bond donors (Lipinski definition) is 1. The average molecular weight is 233 g/mol. The Balaban J connectivity index is 2.09. The summed E-state index contributed by atoms with van der Waals surface area (Å²) in [4.78, 5) is 0. The van der Waals surface area contributed by atoms with Crippen molar-refractivity contribution in [3.8, 4) is 0 Å². The summed E-state index contributed by atoms with van der Waals surface area (Å²) in [7, 11) is 0. The molecule has 1 aromatic carbocycles. The molecule has 0 spiro atoms. The van der Waals surface area contributed by atoms with Crippen molar-refractivity contribution in [1.82, 2.24) is 5.32 Å². The predicted molar refractivity (Wildman–Crippen MR) is 73.4 cm³/mol. The molecule has 86 valence electrons. The molecule has 1 heterocycles. The number of hydrogen-bond acceptors (Lipinski definition) is 2. The Morgan fingerprint density at radius 3 is 2.94 bits per heavy atom. The fourth-order valence-corrected chi connectivity index (χ4v) is 2.89. The maximum Gasteiger partial charge on any atom is 0.0345 e. The molecule has 2 heteroatoms. The second-order valence-electron chi connectivity index (χ2n) is 4.26. The summed E-state index contributed by atoms with van der Waals surface area (Å²) in [6.45, 7) is 6.58. The van der Waals surface area contributed by atoms with E-state index >= 15 is 0 Å². The van der Waals surface area contributed by atoms with Crippen LogP contribution in [0.15, 0.2) is 23.6 Å². The van der Waals surface area contributed by atoms with Gasteiger partial charge in [0.1, 0.15) is 0 Å². The van der Waals surface area contributed by atoms with E-state index in [1.165, 1.54) is 27.6 Å². The zero-order valence-corrected chi connectivity index (χ0v) is 10.9. The fourth-order valence-electron chi connectivity index (χ4n) is 1.91. The molecule has 0 saturated carbocycles. The molecule has 0 amide bonds. The second-order valence-corrected chi connectivity index (χ2v) is 5.17. The molecule has 0 saturated heterocycles. The van der Waals surface area contributed by atoms with Gasteiger partial charge in [0.2, 0.25) is 0 Å². The van der Waals surface area contributed by atoms with Crippen LogP contribution in [0.4, 0.5) is 0 Å². The number of nitrogens with one attached hydrogen (secondary N) is 1. The Morgan fingerprint density at radius 1 is 1.25 bits per heavy atom. The standard InChI is InChI=1S/C14H19NS/c1-3-7-15-8-6-12-10-16-14-5-4-11(2)9-13(12)14/h4-5,9-10,15H,3,6-8H2,1-2H3. The van der Waals surface area contributed by atoms with E-state index in [4.69, 9.17) is 0 Å². The van der Waals surface area contributed by atoms with Crippen molar-refractivity contribution in [3.05, 3.63) is 34.7 Å². The molecular formula is C14H19NS. The molecular weight excluding hydrogens is 214 g/mol. The van der Waals surface area contributed by atoms with E-state index in [9.17, 15) is 0 Å². The van der Waals surface area contributed by atoms with Gasteiger partial charge in [0.05, 0.1) is 0 Å². The van der Waals surface area contributed by atoms with Gasteiger partial charge in [0.15, 0.2) is 0 Å². The predicted octanol–water partition coefficient (Wildman–Crippen LogP) is 3.75. The van der Waals surface area contributed by atoms with Crippen molar-refractivity contribution in [2.75, 3.05) is 13.1 Å². The van der Waals surface area contributed by atoms with Gasteiger partial charge in [-0.25, -0.2) is 0 Å². The Morgan fingerprint density at radius 2 is 2.12 bits per heavy atom. The lowest BCUT2D eigenvalue weighted by molar-refractivity contribution is 0.673. The first kappa shape index (κ1) is 11.6. The van der Waals surface area contributed by atoms with Crippen LogP contribution in [0.5, 0.6) is 0 Å². The minimum Gasteiger partial charge on any atom is -0.316 e. The summed E-state index contributed by atoms with van der Waals surface area (Å²) < 4.78 is 1.41. The third-order valence-electron chi connectivity index (χ3n) is 2.81. The van der Waals surface area contributed by atoms with E-state index in [1.807, 2.05) is 11.3 Å². The van der Waals surface area contributed by atoms with Crippen LogP contribution in [0.25, 0.3) is 10.1 Å². The van der Waals surface area contributed by atoms with Gasteiger partial charge >= 0.3 is 0 Å². The highest BCUT2D eigenvalue weighted by atomic mass is 32.1. The van der Waals surface area contributed by atoms with Crippen LogP contribution in [-0.2, 0) is 6.42 Å². The number of aryl methyl sites for hydroxylation is 1. The van der Waals surface area contributed by atoms with Crippen LogP contribution in [0.1, 0.15) is 24.5 Å². The lowest BCUT2D eigenvalue weighted by atomic mass is 10.1. The summed E-state index contributed by atoms with van der Waals surface area (Å²) >= 11 is 1.86. The van der Waals surface area contributed by atoms with E-state index in [0.29, 0.717) is 0 Å². The molecule has 0 unspecified atom stereocenters. The van der Waals surface area contributed by atoms with Crippen molar-refractivity contribution >= 4 is 21.4 Å². The first-order chi connectivity index (χ1) is 7.81. The minimum atomic E-state index is 1.09. The Hall–Kier alpha value is -0.860. The van der Waals surface area contributed by atoms with Crippen LogP contribution >= 0.6 is 11.3 Å². The number of rotatable bonds is 5. The average Bonchev–Trinajstić information content (AvgIpc) is 2.67. The summed E-state index contributed by atoms with van der Waals surface area (Å²) in [6, 6.07) is 6.73. The van der Waals surface area contributed by atoms with Crippen molar-refractivity contribution in [2.24, 2.45) is 0 Å². The van der Waals surface area contributed by atoms with Gasteiger partial charge in [-0.1, -0.05) is 24.6 Å². The van der Waals surface area contributed by atoms with Gasteiger partial charge in [-0.3, -0.25) is 0 Å². The molecule has 0 aliphatic carbocycles. The smallest absolute Gasteiger partial charge is 0.0345 e. The second kappa shape index (κ2) is 5.46. The first-order valence-electron chi connectivity index (χ1n) is 5.98. The molecule has 0 fully saturated rings. The molecule has 1 aromatic heterocycles. The van der Waals surface area contributed by atoms with Gasteiger partial charge < -0.3 is 5.32 Å². The largest absolute Gasteiger partial charge is 0.316 e. The Bertz CT molecular complexity index is 459. The molecule has 1 N–H and O–H groups in total. The lowest BCUT2D eigenvalue weighted by Crippen LogP contribution is -2.17. The normalized spacial score (nSPS) is 11.1. The molecule has 2 rings (SSSR count). The van der Waals surface area contributed by atoms with Crippen molar-refractivity contribution < 1.29 is 0 Å². The molecule has 0 atom stereocenters. The van der Waals surface area contributed by atoms with E-state index < -0.39 is 0 Å². The van der Waals surface area contributed by atoms with E-state index in [-0.39, 0.29) is 0 Å². The monoisotopic (exact) mass is 233 g/mol. The van der Waals surface area contributed by atoms with Gasteiger partial charge in [0.25, 0.3) is 0 Å². The number of thiophene rings is 1. The highest BCUT2D eigenvalue weighted by Crippen LogP contribution is 2.27. The Kier molecular flexibility index (Phi) is 3.97. The summed E-state index contributed by atoms with van der Waals surface area (Å²) in [5, 5.41) is 7.21. The molecule has 0 bridgehead atoms. The quantitative estimate of drug-likeness (QED) is 0.776. The van der Waals surface area contributed by atoms with Crippen LogP contribution in [0.2, 0.25) is 0 Å².